The fraction of sp³-hybridized carbons (Fsp3) is 0.240. The van der Waals surface area contributed by atoms with Gasteiger partial charge >= 0.3 is 7.12 Å². The highest BCUT2D eigenvalue weighted by Gasteiger charge is 2.51. The van der Waals surface area contributed by atoms with Crippen LogP contribution < -0.4 is 5.46 Å². The molecule has 0 spiro atoms. The average Bonchev–Trinajstić information content (AvgIpc) is 2.95. The normalized spacial score (nSPS) is 17.1. The van der Waals surface area contributed by atoms with E-state index in [1.54, 1.807) is 0 Å². The number of nitriles is 1. The highest BCUT2D eigenvalue weighted by Crippen LogP contribution is 2.36. The Kier molecular flexibility index (Phi) is 4.82. The van der Waals surface area contributed by atoms with Crippen molar-refractivity contribution in [3.8, 4) is 28.3 Å². The molecule has 0 aliphatic carbocycles. The standard InChI is InChI=1S/C25H24BNO2/c1-24(2)25(3,4)29-26(28-24)23-15-13-22(14-16-23)21-11-9-20(10-12-21)19-7-5-18(17-27)6-8-19/h5-16H,1-4H3. The van der Waals surface area contributed by atoms with Crippen LogP contribution in [0.15, 0.2) is 72.8 Å². The number of hydrogen-bond acceptors (Lipinski definition) is 3. The molecule has 3 nitrogen and oxygen atoms in total. The van der Waals surface area contributed by atoms with Gasteiger partial charge in [0.2, 0.25) is 0 Å². The van der Waals surface area contributed by atoms with Crippen molar-refractivity contribution >= 4 is 12.6 Å². The summed E-state index contributed by atoms with van der Waals surface area (Å²) in [5.74, 6) is 0. The molecule has 0 aromatic heterocycles. The first-order valence-electron chi connectivity index (χ1n) is 9.86. The summed E-state index contributed by atoms with van der Waals surface area (Å²) in [5.41, 5.74) is 5.57. The highest BCUT2D eigenvalue weighted by molar-refractivity contribution is 6.62. The second-order valence-corrected chi connectivity index (χ2v) is 8.48. The molecule has 0 radical (unpaired) electrons. The van der Waals surface area contributed by atoms with Crippen molar-refractivity contribution in [2.75, 3.05) is 0 Å². The lowest BCUT2D eigenvalue weighted by Crippen LogP contribution is -2.41. The Bertz CT molecular complexity index is 1030. The maximum atomic E-state index is 8.94. The monoisotopic (exact) mass is 381 g/mol. The van der Waals surface area contributed by atoms with Gasteiger partial charge in [-0.2, -0.15) is 5.26 Å². The Morgan fingerprint density at radius 1 is 0.621 bits per heavy atom. The van der Waals surface area contributed by atoms with E-state index in [9.17, 15) is 0 Å². The van der Waals surface area contributed by atoms with Gasteiger partial charge in [0, 0.05) is 0 Å². The summed E-state index contributed by atoms with van der Waals surface area (Å²) in [6.45, 7) is 8.27. The third kappa shape index (κ3) is 3.72. The molecule has 0 bridgehead atoms. The van der Waals surface area contributed by atoms with Crippen molar-refractivity contribution in [2.24, 2.45) is 0 Å². The number of hydrogen-bond donors (Lipinski definition) is 0. The number of nitrogens with zero attached hydrogens (tertiary/aromatic N) is 1. The Balaban J connectivity index is 1.51. The minimum absolute atomic E-state index is 0.336. The SMILES string of the molecule is CC1(C)OB(c2ccc(-c3ccc(-c4ccc(C#N)cc4)cc3)cc2)OC1(C)C. The number of benzene rings is 3. The predicted molar refractivity (Wildman–Crippen MR) is 118 cm³/mol. The van der Waals surface area contributed by atoms with Crippen LogP contribution >= 0.6 is 0 Å². The fourth-order valence-corrected chi connectivity index (χ4v) is 3.40. The molecule has 1 saturated heterocycles. The summed E-state index contributed by atoms with van der Waals surface area (Å²) in [7, 11) is -0.340. The van der Waals surface area contributed by atoms with Crippen molar-refractivity contribution in [1.82, 2.24) is 0 Å². The average molecular weight is 381 g/mol. The molecule has 1 aliphatic heterocycles. The highest BCUT2D eigenvalue weighted by atomic mass is 16.7. The molecule has 0 amide bonds. The molecule has 0 N–H and O–H groups in total. The quantitative estimate of drug-likeness (QED) is 0.587. The van der Waals surface area contributed by atoms with Crippen LogP contribution in [0, 0.1) is 11.3 Å². The van der Waals surface area contributed by atoms with Crippen LogP contribution in [-0.2, 0) is 9.31 Å². The lowest BCUT2D eigenvalue weighted by Gasteiger charge is -2.32. The second kappa shape index (κ2) is 7.19. The Labute approximate surface area is 173 Å². The van der Waals surface area contributed by atoms with Crippen LogP contribution in [0.25, 0.3) is 22.3 Å². The zero-order valence-electron chi connectivity index (χ0n) is 17.3. The first kappa shape index (κ1) is 19.5. The van der Waals surface area contributed by atoms with Crippen LogP contribution in [0.3, 0.4) is 0 Å². The van der Waals surface area contributed by atoms with Crippen molar-refractivity contribution in [2.45, 2.75) is 38.9 Å². The number of rotatable bonds is 3. The van der Waals surface area contributed by atoms with Gasteiger partial charge in [-0.25, -0.2) is 0 Å². The second-order valence-electron chi connectivity index (χ2n) is 8.48. The lowest BCUT2D eigenvalue weighted by atomic mass is 9.78. The van der Waals surface area contributed by atoms with E-state index in [0.717, 1.165) is 27.7 Å². The Morgan fingerprint density at radius 3 is 1.34 bits per heavy atom. The fourth-order valence-electron chi connectivity index (χ4n) is 3.40. The van der Waals surface area contributed by atoms with E-state index in [4.69, 9.17) is 14.6 Å². The molecular formula is C25H24BNO2. The summed E-state index contributed by atoms with van der Waals surface area (Å²) in [5, 5.41) is 8.94. The summed E-state index contributed by atoms with van der Waals surface area (Å²) in [4.78, 5) is 0. The summed E-state index contributed by atoms with van der Waals surface area (Å²) >= 11 is 0. The molecule has 3 aromatic rings. The van der Waals surface area contributed by atoms with E-state index in [-0.39, 0.29) is 18.3 Å². The maximum absolute atomic E-state index is 8.94. The van der Waals surface area contributed by atoms with Crippen molar-refractivity contribution < 1.29 is 9.31 Å². The molecule has 1 fully saturated rings. The van der Waals surface area contributed by atoms with Gasteiger partial charge in [0.05, 0.1) is 22.8 Å². The maximum Gasteiger partial charge on any atom is 0.494 e. The molecule has 3 aromatic carbocycles. The van der Waals surface area contributed by atoms with Gasteiger partial charge in [-0.3, -0.25) is 0 Å². The van der Waals surface area contributed by atoms with Gasteiger partial charge in [0.15, 0.2) is 0 Å². The summed E-state index contributed by atoms with van der Waals surface area (Å²) in [6.07, 6.45) is 0. The third-order valence-corrected chi connectivity index (χ3v) is 6.00. The van der Waals surface area contributed by atoms with Crippen LogP contribution in [0.1, 0.15) is 33.3 Å². The minimum Gasteiger partial charge on any atom is -0.399 e. The van der Waals surface area contributed by atoms with Gasteiger partial charge in [0.25, 0.3) is 0 Å². The third-order valence-electron chi connectivity index (χ3n) is 6.00. The van der Waals surface area contributed by atoms with Gasteiger partial charge in [-0.05, 0) is 67.5 Å². The first-order valence-corrected chi connectivity index (χ1v) is 9.86. The minimum atomic E-state index is -0.340. The zero-order chi connectivity index (χ0) is 20.6. The van der Waals surface area contributed by atoms with Crippen molar-refractivity contribution in [3.05, 3.63) is 78.4 Å². The summed E-state index contributed by atoms with van der Waals surface area (Å²) in [6, 6.07) is 26.6. The van der Waals surface area contributed by atoms with E-state index in [0.29, 0.717) is 5.56 Å². The van der Waals surface area contributed by atoms with E-state index in [1.165, 1.54) is 0 Å². The first-order chi connectivity index (χ1) is 13.8. The van der Waals surface area contributed by atoms with Crippen LogP contribution in [0.2, 0.25) is 0 Å². The van der Waals surface area contributed by atoms with Crippen LogP contribution in [-0.4, -0.2) is 18.3 Å². The largest absolute Gasteiger partial charge is 0.494 e. The van der Waals surface area contributed by atoms with E-state index >= 15 is 0 Å². The molecule has 1 aliphatic rings. The van der Waals surface area contributed by atoms with E-state index < -0.39 is 0 Å². The molecule has 0 saturated carbocycles. The topological polar surface area (TPSA) is 42.2 Å². The smallest absolute Gasteiger partial charge is 0.399 e. The molecule has 0 atom stereocenters. The van der Waals surface area contributed by atoms with Crippen molar-refractivity contribution in [1.29, 1.82) is 5.26 Å². The zero-order valence-corrected chi connectivity index (χ0v) is 17.3. The van der Waals surface area contributed by atoms with Gasteiger partial charge in [0.1, 0.15) is 0 Å². The van der Waals surface area contributed by atoms with E-state index in [1.807, 2.05) is 24.3 Å². The molecule has 0 unspecified atom stereocenters. The molecule has 4 rings (SSSR count). The van der Waals surface area contributed by atoms with E-state index in [2.05, 4.69) is 82.3 Å². The van der Waals surface area contributed by atoms with Gasteiger partial charge < -0.3 is 9.31 Å². The molecule has 29 heavy (non-hydrogen) atoms. The molecular weight excluding hydrogens is 357 g/mol. The van der Waals surface area contributed by atoms with Gasteiger partial charge in [-0.15, -0.1) is 0 Å². The van der Waals surface area contributed by atoms with Crippen molar-refractivity contribution in [3.63, 3.8) is 0 Å². The van der Waals surface area contributed by atoms with Crippen LogP contribution in [0.5, 0.6) is 0 Å². The molecule has 144 valence electrons. The van der Waals surface area contributed by atoms with Crippen LogP contribution in [0.4, 0.5) is 0 Å². The van der Waals surface area contributed by atoms with Gasteiger partial charge in [-0.1, -0.05) is 60.7 Å². The summed E-state index contributed by atoms with van der Waals surface area (Å²) < 4.78 is 12.3. The predicted octanol–water partition coefficient (Wildman–Crippen LogP) is 5.19. The molecule has 1 heterocycles. The Hall–Kier alpha value is -2.87. The Morgan fingerprint density at radius 2 is 0.966 bits per heavy atom. The lowest BCUT2D eigenvalue weighted by molar-refractivity contribution is 0.00578. The molecule has 4 heteroatoms.